The van der Waals surface area contributed by atoms with Crippen molar-refractivity contribution in [2.45, 2.75) is 12.3 Å². The Morgan fingerprint density at radius 1 is 1.22 bits per heavy atom. The van der Waals surface area contributed by atoms with Crippen molar-refractivity contribution in [2.75, 3.05) is 20.6 Å². The number of aromatic amines is 1. The van der Waals surface area contributed by atoms with Crippen LogP contribution >= 0.6 is 0 Å². The molecule has 1 atom stereocenters. The second kappa shape index (κ2) is 5.76. The number of carbonyl (C=O) groups excluding carboxylic acids is 1. The standard InChI is InChI=1S/C23H21N3O/c1-13-21(18-10-20-15(11-24-25-20)9-19(18)23(13)27)22-16(12-26(2)3)8-14-6-4-5-7-17(14)22/h4-7,9-11,21H,1,8,12H2,2-3H3,(H,24,25). The number of H-pyrrole nitrogens is 1. The lowest BCUT2D eigenvalue weighted by atomic mass is 9.85. The molecular weight excluding hydrogens is 334 g/mol. The van der Waals surface area contributed by atoms with E-state index in [2.05, 4.69) is 66.1 Å². The SMILES string of the molecule is C=C1C(=O)c2cc3cn[nH]c3cc2C1C1=C(CN(C)C)Cc2ccccc21. The van der Waals surface area contributed by atoms with E-state index in [9.17, 15) is 4.79 Å². The molecule has 0 radical (unpaired) electrons. The Hall–Kier alpha value is -2.98. The first kappa shape index (κ1) is 16.2. The van der Waals surface area contributed by atoms with Crippen LogP contribution < -0.4 is 0 Å². The third-order valence-corrected chi connectivity index (χ3v) is 5.69. The molecular formula is C23H21N3O. The van der Waals surface area contributed by atoms with Gasteiger partial charge in [-0.1, -0.05) is 30.8 Å². The lowest BCUT2D eigenvalue weighted by molar-refractivity contribution is 0.103. The number of benzene rings is 2. The Morgan fingerprint density at radius 3 is 2.85 bits per heavy atom. The van der Waals surface area contributed by atoms with Crippen molar-refractivity contribution in [3.05, 3.63) is 82.6 Å². The van der Waals surface area contributed by atoms with E-state index >= 15 is 0 Å². The van der Waals surface area contributed by atoms with E-state index < -0.39 is 0 Å². The third-order valence-electron chi connectivity index (χ3n) is 5.69. The van der Waals surface area contributed by atoms with Crippen molar-refractivity contribution < 1.29 is 4.79 Å². The molecule has 4 heteroatoms. The summed E-state index contributed by atoms with van der Waals surface area (Å²) in [6, 6.07) is 12.6. The molecule has 0 saturated heterocycles. The molecule has 134 valence electrons. The predicted octanol–water partition coefficient (Wildman–Crippen LogP) is 3.97. The van der Waals surface area contributed by atoms with E-state index in [-0.39, 0.29) is 11.7 Å². The zero-order valence-corrected chi connectivity index (χ0v) is 15.5. The molecule has 2 aliphatic rings. The molecule has 0 saturated carbocycles. The maximum Gasteiger partial charge on any atom is 0.189 e. The predicted molar refractivity (Wildman–Crippen MR) is 108 cm³/mol. The van der Waals surface area contributed by atoms with E-state index in [0.29, 0.717) is 5.57 Å². The summed E-state index contributed by atoms with van der Waals surface area (Å²) in [4.78, 5) is 15.2. The molecule has 1 unspecified atom stereocenters. The van der Waals surface area contributed by atoms with Gasteiger partial charge in [0.15, 0.2) is 5.78 Å². The maximum absolute atomic E-state index is 13.0. The highest BCUT2D eigenvalue weighted by Crippen LogP contribution is 2.50. The molecule has 0 bridgehead atoms. The number of nitrogens with zero attached hydrogens (tertiary/aromatic N) is 2. The lowest BCUT2D eigenvalue weighted by Gasteiger charge is -2.20. The van der Waals surface area contributed by atoms with Crippen LogP contribution in [0.1, 0.15) is 33.0 Å². The molecule has 4 nitrogen and oxygen atoms in total. The molecule has 3 aromatic rings. The number of fused-ring (bicyclic) bond motifs is 3. The molecule has 0 amide bonds. The summed E-state index contributed by atoms with van der Waals surface area (Å²) in [6.07, 6.45) is 2.70. The van der Waals surface area contributed by atoms with Gasteiger partial charge in [0.05, 0.1) is 11.7 Å². The minimum absolute atomic E-state index is 0.0548. The average Bonchev–Trinajstić information content (AvgIpc) is 3.29. The van der Waals surface area contributed by atoms with Gasteiger partial charge in [0, 0.05) is 29.0 Å². The first-order chi connectivity index (χ1) is 13.0. The summed E-state index contributed by atoms with van der Waals surface area (Å²) in [5.74, 6) is -0.0296. The minimum atomic E-state index is -0.0844. The van der Waals surface area contributed by atoms with Crippen molar-refractivity contribution in [2.24, 2.45) is 0 Å². The highest BCUT2D eigenvalue weighted by atomic mass is 16.1. The smallest absolute Gasteiger partial charge is 0.189 e. The van der Waals surface area contributed by atoms with Crippen LogP contribution in [0.2, 0.25) is 0 Å². The number of hydrogen-bond donors (Lipinski definition) is 1. The maximum atomic E-state index is 13.0. The summed E-state index contributed by atoms with van der Waals surface area (Å²) in [7, 11) is 4.18. The molecule has 0 aliphatic heterocycles. The molecule has 1 aromatic heterocycles. The fourth-order valence-electron chi connectivity index (χ4n) is 4.60. The van der Waals surface area contributed by atoms with Gasteiger partial charge in [0.25, 0.3) is 0 Å². The van der Waals surface area contributed by atoms with Crippen LogP contribution in [0.5, 0.6) is 0 Å². The summed E-state index contributed by atoms with van der Waals surface area (Å²) in [5.41, 5.74) is 8.67. The van der Waals surface area contributed by atoms with Gasteiger partial charge in [-0.05, 0) is 60.5 Å². The molecule has 2 aromatic carbocycles. The summed E-state index contributed by atoms with van der Waals surface area (Å²) < 4.78 is 0. The molecule has 1 heterocycles. The van der Waals surface area contributed by atoms with Gasteiger partial charge >= 0.3 is 0 Å². The summed E-state index contributed by atoms with van der Waals surface area (Å²) in [6.45, 7) is 5.09. The van der Waals surface area contributed by atoms with Crippen LogP contribution in [-0.2, 0) is 6.42 Å². The molecule has 1 N–H and O–H groups in total. The number of hydrogen-bond acceptors (Lipinski definition) is 3. The van der Waals surface area contributed by atoms with Crippen molar-refractivity contribution in [3.63, 3.8) is 0 Å². The number of carbonyl (C=O) groups is 1. The largest absolute Gasteiger partial charge is 0.305 e. The fourth-order valence-corrected chi connectivity index (χ4v) is 4.60. The Bertz CT molecular complexity index is 1150. The summed E-state index contributed by atoms with van der Waals surface area (Å²) in [5, 5.41) is 8.12. The number of aromatic nitrogens is 2. The number of allylic oxidation sites excluding steroid dienone is 2. The minimum Gasteiger partial charge on any atom is -0.305 e. The molecule has 2 aliphatic carbocycles. The third kappa shape index (κ3) is 2.33. The number of ketones is 1. The van der Waals surface area contributed by atoms with Gasteiger partial charge in [-0.2, -0.15) is 5.10 Å². The van der Waals surface area contributed by atoms with Crippen molar-refractivity contribution in [3.8, 4) is 0 Å². The first-order valence-electron chi connectivity index (χ1n) is 9.20. The van der Waals surface area contributed by atoms with Gasteiger partial charge < -0.3 is 4.90 Å². The topological polar surface area (TPSA) is 49.0 Å². The van der Waals surface area contributed by atoms with Crippen molar-refractivity contribution in [1.29, 1.82) is 0 Å². The van der Waals surface area contributed by atoms with E-state index in [1.165, 1.54) is 22.3 Å². The Balaban J connectivity index is 1.75. The van der Waals surface area contributed by atoms with E-state index in [0.717, 1.165) is 35.0 Å². The molecule has 0 fully saturated rings. The average molecular weight is 355 g/mol. The highest BCUT2D eigenvalue weighted by molar-refractivity contribution is 6.18. The number of likely N-dealkylation sites (N-methyl/N-ethyl adjacent to an activating group) is 1. The van der Waals surface area contributed by atoms with Crippen molar-refractivity contribution >= 4 is 22.3 Å². The fraction of sp³-hybridized carbons (Fsp3) is 0.217. The summed E-state index contributed by atoms with van der Waals surface area (Å²) >= 11 is 0. The zero-order chi connectivity index (χ0) is 18.7. The van der Waals surface area contributed by atoms with Gasteiger partial charge in [0.2, 0.25) is 0 Å². The molecule has 27 heavy (non-hydrogen) atoms. The zero-order valence-electron chi connectivity index (χ0n) is 15.5. The van der Waals surface area contributed by atoms with Crippen LogP contribution in [0.15, 0.2) is 60.3 Å². The highest BCUT2D eigenvalue weighted by Gasteiger charge is 2.39. The Kier molecular flexibility index (Phi) is 3.46. The second-order valence-electron chi connectivity index (χ2n) is 7.77. The van der Waals surface area contributed by atoms with Crippen LogP contribution in [-0.4, -0.2) is 41.5 Å². The van der Waals surface area contributed by atoms with Crippen LogP contribution in [0.4, 0.5) is 0 Å². The molecule has 0 spiro atoms. The van der Waals surface area contributed by atoms with E-state index in [1.54, 1.807) is 6.20 Å². The molecule has 5 rings (SSSR count). The Labute approximate surface area is 158 Å². The van der Waals surface area contributed by atoms with Gasteiger partial charge in [0.1, 0.15) is 0 Å². The quantitative estimate of drug-likeness (QED) is 0.723. The van der Waals surface area contributed by atoms with Crippen LogP contribution in [0.25, 0.3) is 16.5 Å². The number of rotatable bonds is 3. The van der Waals surface area contributed by atoms with Gasteiger partial charge in [-0.15, -0.1) is 0 Å². The van der Waals surface area contributed by atoms with Crippen molar-refractivity contribution in [1.82, 2.24) is 15.1 Å². The monoisotopic (exact) mass is 355 g/mol. The van der Waals surface area contributed by atoms with E-state index in [4.69, 9.17) is 0 Å². The normalized spacial score (nSPS) is 18.7. The number of Topliss-reactive ketones (excluding diaryl/α,β-unsaturated/α-hetero) is 1. The van der Waals surface area contributed by atoms with E-state index in [1.807, 2.05) is 6.07 Å². The Morgan fingerprint density at radius 2 is 2.04 bits per heavy atom. The first-order valence-corrected chi connectivity index (χ1v) is 9.20. The van der Waals surface area contributed by atoms with Crippen LogP contribution in [0, 0.1) is 0 Å². The van der Waals surface area contributed by atoms with Gasteiger partial charge in [-0.25, -0.2) is 0 Å². The van der Waals surface area contributed by atoms with Gasteiger partial charge in [-0.3, -0.25) is 9.89 Å². The number of nitrogens with one attached hydrogen (secondary N) is 1. The lowest BCUT2D eigenvalue weighted by Crippen LogP contribution is -2.16. The van der Waals surface area contributed by atoms with Crippen LogP contribution in [0.3, 0.4) is 0 Å². The second-order valence-corrected chi connectivity index (χ2v) is 7.77.